The molecule has 31 heavy (non-hydrogen) atoms. The standard InChI is InChI=1S/C25H34N4OS/c1-5-6-15-29-16-13-19-22(17-29)31-24(27-19)28-20-11-9-14-26-23(20)30-21-12-8-7-10-18(21)25(2,3)4/h7-12,14,19,22H,5-6,13,15-17H2,1-4H3,(H,27,28). The summed E-state index contributed by atoms with van der Waals surface area (Å²) in [4.78, 5) is 12.1. The third-order valence-corrected chi connectivity index (χ3v) is 7.09. The van der Waals surface area contributed by atoms with Crippen molar-refractivity contribution in [2.24, 2.45) is 4.99 Å². The van der Waals surface area contributed by atoms with Gasteiger partial charge in [0.15, 0.2) is 5.17 Å². The second-order valence-corrected chi connectivity index (χ2v) is 10.7. The minimum absolute atomic E-state index is 0.0102. The summed E-state index contributed by atoms with van der Waals surface area (Å²) in [5.74, 6) is 1.43. The summed E-state index contributed by atoms with van der Waals surface area (Å²) in [5, 5.41) is 5.03. The molecule has 166 valence electrons. The lowest BCUT2D eigenvalue weighted by Crippen LogP contribution is -2.43. The Morgan fingerprint density at radius 3 is 2.84 bits per heavy atom. The Hall–Kier alpha value is -2.05. The molecule has 2 aliphatic heterocycles. The highest BCUT2D eigenvalue weighted by Crippen LogP contribution is 2.37. The maximum atomic E-state index is 6.31. The number of aromatic nitrogens is 1. The van der Waals surface area contributed by atoms with Crippen LogP contribution in [0.5, 0.6) is 11.6 Å². The maximum absolute atomic E-state index is 6.31. The van der Waals surface area contributed by atoms with E-state index in [-0.39, 0.29) is 5.41 Å². The van der Waals surface area contributed by atoms with Crippen molar-refractivity contribution >= 4 is 22.6 Å². The Kier molecular flexibility index (Phi) is 6.87. The molecule has 1 saturated heterocycles. The molecule has 2 aromatic rings. The predicted octanol–water partition coefficient (Wildman–Crippen LogP) is 5.93. The van der Waals surface area contributed by atoms with Gasteiger partial charge in [-0.3, -0.25) is 4.99 Å². The molecule has 0 amide bonds. The molecule has 6 heteroatoms. The minimum Gasteiger partial charge on any atom is -0.437 e. The minimum atomic E-state index is -0.0102. The molecule has 5 nitrogen and oxygen atoms in total. The van der Waals surface area contributed by atoms with E-state index in [0.717, 1.165) is 41.7 Å². The Balaban J connectivity index is 1.46. The number of fused-ring (bicyclic) bond motifs is 1. The summed E-state index contributed by atoms with van der Waals surface area (Å²) in [6.45, 7) is 12.3. The van der Waals surface area contributed by atoms with Crippen LogP contribution in [0.3, 0.4) is 0 Å². The van der Waals surface area contributed by atoms with Crippen molar-refractivity contribution in [1.29, 1.82) is 0 Å². The van der Waals surface area contributed by atoms with Crippen LogP contribution >= 0.6 is 11.8 Å². The molecule has 0 aliphatic carbocycles. The number of ether oxygens (including phenoxy) is 1. The largest absolute Gasteiger partial charge is 0.437 e. The monoisotopic (exact) mass is 438 g/mol. The zero-order valence-corrected chi connectivity index (χ0v) is 19.9. The third-order valence-electron chi connectivity index (χ3n) is 5.90. The van der Waals surface area contributed by atoms with Crippen LogP contribution in [0.2, 0.25) is 0 Å². The highest BCUT2D eigenvalue weighted by molar-refractivity contribution is 8.15. The first-order valence-electron chi connectivity index (χ1n) is 11.4. The van der Waals surface area contributed by atoms with Crippen LogP contribution in [-0.4, -0.2) is 46.0 Å². The van der Waals surface area contributed by atoms with Crippen LogP contribution in [0.15, 0.2) is 47.6 Å². The van der Waals surface area contributed by atoms with Gasteiger partial charge in [0.1, 0.15) is 11.4 Å². The number of nitrogens with zero attached hydrogens (tertiary/aromatic N) is 3. The van der Waals surface area contributed by atoms with Crippen LogP contribution in [-0.2, 0) is 5.41 Å². The summed E-state index contributed by atoms with van der Waals surface area (Å²) in [6, 6.07) is 12.6. The number of pyridine rings is 1. The van der Waals surface area contributed by atoms with Gasteiger partial charge in [-0.15, -0.1) is 0 Å². The Bertz CT molecular complexity index is 924. The van der Waals surface area contributed by atoms with E-state index in [1.165, 1.54) is 19.4 Å². The van der Waals surface area contributed by atoms with E-state index in [9.17, 15) is 0 Å². The molecule has 1 N–H and O–H groups in total. The zero-order chi connectivity index (χ0) is 21.8. The molecule has 1 aromatic heterocycles. The van der Waals surface area contributed by atoms with Crippen LogP contribution < -0.4 is 10.1 Å². The van der Waals surface area contributed by atoms with Gasteiger partial charge in [0.25, 0.3) is 0 Å². The van der Waals surface area contributed by atoms with Crippen LogP contribution in [0.1, 0.15) is 52.5 Å². The highest BCUT2D eigenvalue weighted by Gasteiger charge is 2.35. The molecule has 0 bridgehead atoms. The smallest absolute Gasteiger partial charge is 0.243 e. The normalized spacial score (nSPS) is 21.5. The number of thioether (sulfide) groups is 1. The molecule has 4 rings (SSSR count). The van der Waals surface area contributed by atoms with Crippen LogP contribution in [0.4, 0.5) is 5.69 Å². The molecule has 2 aliphatic rings. The van der Waals surface area contributed by atoms with E-state index in [0.29, 0.717) is 17.2 Å². The molecule has 0 spiro atoms. The average molecular weight is 439 g/mol. The van der Waals surface area contributed by atoms with Gasteiger partial charge in [0.2, 0.25) is 5.88 Å². The molecule has 1 fully saturated rings. The number of piperidine rings is 1. The summed E-state index contributed by atoms with van der Waals surface area (Å²) >= 11 is 1.86. The van der Waals surface area contributed by atoms with Gasteiger partial charge >= 0.3 is 0 Å². The van der Waals surface area contributed by atoms with E-state index < -0.39 is 0 Å². The van der Waals surface area contributed by atoms with Crippen molar-refractivity contribution < 1.29 is 4.74 Å². The number of nitrogens with one attached hydrogen (secondary N) is 1. The van der Waals surface area contributed by atoms with E-state index in [1.54, 1.807) is 6.20 Å². The number of rotatable bonds is 6. The van der Waals surface area contributed by atoms with Gasteiger partial charge in [-0.2, -0.15) is 0 Å². The predicted molar refractivity (Wildman–Crippen MR) is 132 cm³/mol. The number of benzene rings is 1. The van der Waals surface area contributed by atoms with Crippen molar-refractivity contribution in [1.82, 2.24) is 9.88 Å². The number of unbranched alkanes of at least 4 members (excludes halogenated alkanes) is 1. The third kappa shape index (κ3) is 5.42. The first-order chi connectivity index (χ1) is 14.9. The van der Waals surface area contributed by atoms with Crippen LogP contribution in [0, 0.1) is 0 Å². The first kappa shape index (κ1) is 22.2. The maximum Gasteiger partial charge on any atom is 0.243 e. The lowest BCUT2D eigenvalue weighted by Gasteiger charge is -2.33. The molecule has 1 aromatic carbocycles. The molecular formula is C25H34N4OS. The van der Waals surface area contributed by atoms with Gasteiger partial charge in [0, 0.05) is 30.1 Å². The molecular weight excluding hydrogens is 404 g/mol. The Labute approximate surface area is 190 Å². The molecule has 0 radical (unpaired) electrons. The number of amidine groups is 1. The van der Waals surface area contributed by atoms with Gasteiger partial charge < -0.3 is 15.0 Å². The number of para-hydroxylation sites is 1. The summed E-state index contributed by atoms with van der Waals surface area (Å²) in [6.07, 6.45) is 5.45. The number of hydrogen-bond acceptors (Lipinski definition) is 6. The number of likely N-dealkylation sites (tertiary alicyclic amines) is 1. The zero-order valence-electron chi connectivity index (χ0n) is 19.1. The second kappa shape index (κ2) is 9.61. The topological polar surface area (TPSA) is 49.8 Å². The fraction of sp³-hybridized carbons (Fsp3) is 0.520. The van der Waals surface area contributed by atoms with Crippen molar-refractivity contribution in [3.63, 3.8) is 0 Å². The van der Waals surface area contributed by atoms with Gasteiger partial charge in [-0.25, -0.2) is 4.98 Å². The summed E-state index contributed by atoms with van der Waals surface area (Å²) in [7, 11) is 0. The van der Waals surface area contributed by atoms with Gasteiger partial charge in [0.05, 0.1) is 6.04 Å². The lowest BCUT2D eigenvalue weighted by atomic mass is 9.86. The molecule has 2 unspecified atom stereocenters. The number of anilines is 1. The van der Waals surface area contributed by atoms with Crippen LogP contribution in [0.25, 0.3) is 0 Å². The Morgan fingerprint density at radius 1 is 1.19 bits per heavy atom. The molecule has 0 saturated carbocycles. The molecule has 3 heterocycles. The van der Waals surface area contributed by atoms with Crippen molar-refractivity contribution in [2.75, 3.05) is 25.0 Å². The quantitative estimate of drug-likeness (QED) is 0.606. The van der Waals surface area contributed by atoms with E-state index >= 15 is 0 Å². The second-order valence-electron chi connectivity index (χ2n) is 9.43. The summed E-state index contributed by atoms with van der Waals surface area (Å²) < 4.78 is 6.31. The number of aliphatic imine (C=N–C) groups is 1. The average Bonchev–Trinajstić information content (AvgIpc) is 3.15. The van der Waals surface area contributed by atoms with E-state index in [1.807, 2.05) is 36.0 Å². The first-order valence-corrected chi connectivity index (χ1v) is 12.3. The fourth-order valence-corrected chi connectivity index (χ4v) is 5.46. The van der Waals surface area contributed by atoms with Crippen molar-refractivity contribution in [2.45, 2.75) is 63.7 Å². The number of hydrogen-bond donors (Lipinski definition) is 1. The SMILES string of the molecule is CCCCN1CCC2N=C(Nc3cccnc3Oc3ccccc3C(C)(C)C)SC2C1. The van der Waals surface area contributed by atoms with Gasteiger partial charge in [-0.1, -0.05) is 64.1 Å². The van der Waals surface area contributed by atoms with Gasteiger partial charge in [-0.05, 0) is 43.0 Å². The summed E-state index contributed by atoms with van der Waals surface area (Å²) in [5.41, 5.74) is 2.01. The Morgan fingerprint density at radius 2 is 2.03 bits per heavy atom. The van der Waals surface area contributed by atoms with E-state index in [2.05, 4.69) is 55.0 Å². The van der Waals surface area contributed by atoms with Crippen molar-refractivity contribution in [3.05, 3.63) is 48.2 Å². The van der Waals surface area contributed by atoms with E-state index in [4.69, 9.17) is 9.73 Å². The lowest BCUT2D eigenvalue weighted by molar-refractivity contribution is 0.219. The molecule has 2 atom stereocenters. The van der Waals surface area contributed by atoms with Crippen molar-refractivity contribution in [3.8, 4) is 11.6 Å². The highest BCUT2D eigenvalue weighted by atomic mass is 32.2. The fourth-order valence-electron chi connectivity index (χ4n) is 4.16.